The second-order valence-corrected chi connectivity index (χ2v) is 4.11. The average Bonchev–Trinajstić information content (AvgIpc) is 2.30. The number of thioether (sulfide) groups is 1. The second kappa shape index (κ2) is 5.34. The van der Waals surface area contributed by atoms with Gasteiger partial charge in [0, 0.05) is 6.04 Å². The first-order valence-corrected chi connectivity index (χ1v) is 5.27. The highest BCUT2D eigenvalue weighted by molar-refractivity contribution is 7.98. The van der Waals surface area contributed by atoms with E-state index in [4.69, 9.17) is 0 Å². The van der Waals surface area contributed by atoms with Gasteiger partial charge < -0.3 is 28.9 Å². The molecule has 2 nitrogen and oxygen atoms in total. The van der Waals surface area contributed by atoms with E-state index in [1.165, 1.54) is 4.90 Å². The number of rotatable bonds is 2. The topological polar surface area (TPSA) is 7.68 Å². The van der Waals surface area contributed by atoms with Gasteiger partial charge in [-0.3, -0.25) is 4.90 Å². The zero-order chi connectivity index (χ0) is 8.43. The molecule has 0 aromatic rings. The van der Waals surface area contributed by atoms with Crippen LogP contribution in [0.3, 0.4) is 0 Å². The lowest BCUT2D eigenvalue weighted by atomic mass is 10.4. The molecule has 72 valence electrons. The van der Waals surface area contributed by atoms with Crippen molar-refractivity contribution in [2.24, 2.45) is 0 Å². The quantitative estimate of drug-likeness (QED) is 0.557. The summed E-state index contributed by atoms with van der Waals surface area (Å²) in [4.78, 5) is 3.85. The molecule has 2 unspecified atom stereocenters. The van der Waals surface area contributed by atoms with Gasteiger partial charge in [0.15, 0.2) is 0 Å². The molecular formula is C8H17IN2S. The fourth-order valence-corrected chi connectivity index (χ4v) is 2.36. The molecular weight excluding hydrogens is 283 g/mol. The largest absolute Gasteiger partial charge is 1.00 e. The van der Waals surface area contributed by atoms with Crippen LogP contribution >= 0.6 is 11.8 Å². The van der Waals surface area contributed by atoms with Gasteiger partial charge in [-0.15, -0.1) is 0 Å². The molecule has 0 saturated heterocycles. The fraction of sp³-hybridized carbons (Fsp3) is 0.750. The Hall–Kier alpha value is 0.580. The van der Waals surface area contributed by atoms with E-state index >= 15 is 0 Å². The molecule has 12 heavy (non-hydrogen) atoms. The minimum Gasteiger partial charge on any atom is -1.00 e. The maximum Gasteiger partial charge on any atom is 0.215 e. The van der Waals surface area contributed by atoms with Crippen molar-refractivity contribution < 1.29 is 28.9 Å². The Morgan fingerprint density at radius 1 is 1.50 bits per heavy atom. The van der Waals surface area contributed by atoms with Crippen LogP contribution in [0.25, 0.3) is 0 Å². The van der Waals surface area contributed by atoms with Crippen LogP contribution < -0.4 is 28.9 Å². The van der Waals surface area contributed by atoms with Crippen LogP contribution in [0.5, 0.6) is 0 Å². The summed E-state index contributed by atoms with van der Waals surface area (Å²) in [5, 5.41) is 0. The Morgan fingerprint density at radius 3 is 2.42 bits per heavy atom. The van der Waals surface area contributed by atoms with E-state index in [0.29, 0.717) is 11.5 Å². The number of nitrogens with zero attached hydrogens (tertiary/aromatic N) is 1. The number of hydrogen-bond acceptors (Lipinski definition) is 2. The van der Waals surface area contributed by atoms with Crippen LogP contribution in [0.15, 0.2) is 12.4 Å². The summed E-state index contributed by atoms with van der Waals surface area (Å²) in [5.74, 6) is 0. The molecule has 0 aromatic carbocycles. The predicted molar refractivity (Wildman–Crippen MR) is 50.3 cm³/mol. The van der Waals surface area contributed by atoms with Crippen LogP contribution in [0.2, 0.25) is 0 Å². The molecule has 0 spiro atoms. The van der Waals surface area contributed by atoms with Gasteiger partial charge in [0.05, 0.1) is 13.2 Å². The molecule has 1 rings (SSSR count). The Kier molecular flexibility index (Phi) is 5.60. The molecule has 0 radical (unpaired) electrons. The van der Waals surface area contributed by atoms with Crippen LogP contribution in [0.4, 0.5) is 0 Å². The van der Waals surface area contributed by atoms with Crippen molar-refractivity contribution in [3.05, 3.63) is 12.4 Å². The number of nitrogens with one attached hydrogen (secondary N) is 1. The van der Waals surface area contributed by atoms with Gasteiger partial charge in [-0.1, -0.05) is 11.8 Å². The van der Waals surface area contributed by atoms with Gasteiger partial charge in [-0.25, -0.2) is 0 Å². The molecule has 4 heteroatoms. The average molecular weight is 300 g/mol. The third-order valence-electron chi connectivity index (χ3n) is 1.99. The summed E-state index contributed by atoms with van der Waals surface area (Å²) in [6.07, 6.45) is 6.57. The van der Waals surface area contributed by atoms with E-state index < -0.39 is 0 Å². The zero-order valence-corrected chi connectivity index (χ0v) is 11.0. The van der Waals surface area contributed by atoms with Gasteiger partial charge in [-0.2, -0.15) is 0 Å². The molecule has 0 bridgehead atoms. The third-order valence-corrected chi connectivity index (χ3v) is 3.05. The van der Waals surface area contributed by atoms with Crippen LogP contribution in [0, 0.1) is 0 Å². The lowest BCUT2D eigenvalue weighted by Crippen LogP contribution is -3.07. The van der Waals surface area contributed by atoms with Crippen molar-refractivity contribution in [1.29, 1.82) is 0 Å². The summed E-state index contributed by atoms with van der Waals surface area (Å²) in [6.45, 7) is 4.46. The Bertz CT molecular complexity index is 161. The first-order valence-electron chi connectivity index (χ1n) is 3.98. The van der Waals surface area contributed by atoms with Crippen LogP contribution in [0.1, 0.15) is 13.8 Å². The molecule has 0 amide bonds. The lowest BCUT2D eigenvalue weighted by molar-refractivity contribution is -0.839. The summed E-state index contributed by atoms with van der Waals surface area (Å²) in [6, 6.07) is 0.612. The molecule has 1 N–H and O–H groups in total. The van der Waals surface area contributed by atoms with Crippen LogP contribution in [-0.2, 0) is 0 Å². The van der Waals surface area contributed by atoms with E-state index in [-0.39, 0.29) is 24.0 Å². The van der Waals surface area contributed by atoms with Crippen molar-refractivity contribution >= 4 is 11.8 Å². The first-order chi connectivity index (χ1) is 5.16. The van der Waals surface area contributed by atoms with Crippen molar-refractivity contribution in [2.75, 3.05) is 13.3 Å². The summed E-state index contributed by atoms with van der Waals surface area (Å²) >= 11 is 1.90. The van der Waals surface area contributed by atoms with Crippen molar-refractivity contribution in [1.82, 2.24) is 4.90 Å². The Morgan fingerprint density at radius 2 is 2.08 bits per heavy atom. The van der Waals surface area contributed by atoms with E-state index in [0.717, 1.165) is 0 Å². The molecule has 0 fully saturated rings. The monoisotopic (exact) mass is 300 g/mol. The third kappa shape index (κ3) is 2.53. The Balaban J connectivity index is 0.00000121. The molecule has 0 saturated carbocycles. The molecule has 1 aliphatic rings. The van der Waals surface area contributed by atoms with Gasteiger partial charge in [0.2, 0.25) is 5.50 Å². The normalized spacial score (nSPS) is 27.9. The van der Waals surface area contributed by atoms with E-state index in [9.17, 15) is 0 Å². The van der Waals surface area contributed by atoms with E-state index in [2.05, 4.69) is 44.5 Å². The van der Waals surface area contributed by atoms with E-state index in [1.54, 1.807) is 0 Å². The van der Waals surface area contributed by atoms with Gasteiger partial charge in [-0.05, 0) is 20.1 Å². The standard InChI is InChI=1S/C8H16N2S.HI/c1-7(2)10-6-5-9(3)8(10)11-4;/h5-8H,1-4H3;1H. The first kappa shape index (κ1) is 12.6. The molecule has 0 aromatic heterocycles. The van der Waals surface area contributed by atoms with E-state index in [1.807, 2.05) is 11.8 Å². The molecule has 1 heterocycles. The van der Waals surface area contributed by atoms with Gasteiger partial charge in [0.25, 0.3) is 0 Å². The summed E-state index contributed by atoms with van der Waals surface area (Å²) in [5.41, 5.74) is 0.579. The molecule has 0 aliphatic carbocycles. The number of halogens is 1. The zero-order valence-electron chi connectivity index (χ0n) is 8.04. The van der Waals surface area contributed by atoms with Crippen molar-refractivity contribution in [3.63, 3.8) is 0 Å². The smallest absolute Gasteiger partial charge is 0.215 e. The highest BCUT2D eigenvalue weighted by Crippen LogP contribution is 2.13. The minimum absolute atomic E-state index is 0. The maximum absolute atomic E-state index is 2.39. The lowest BCUT2D eigenvalue weighted by Gasteiger charge is -2.27. The second-order valence-electron chi connectivity index (χ2n) is 3.19. The number of quaternary nitrogens is 1. The highest BCUT2D eigenvalue weighted by atomic mass is 127. The van der Waals surface area contributed by atoms with Crippen molar-refractivity contribution in [3.8, 4) is 0 Å². The van der Waals surface area contributed by atoms with Crippen molar-refractivity contribution in [2.45, 2.75) is 25.4 Å². The fourth-order valence-electron chi connectivity index (χ4n) is 1.35. The van der Waals surface area contributed by atoms with Gasteiger partial charge in [0.1, 0.15) is 6.20 Å². The minimum atomic E-state index is 0. The maximum atomic E-state index is 2.39. The van der Waals surface area contributed by atoms with Crippen LogP contribution in [-0.4, -0.2) is 29.7 Å². The predicted octanol–water partition coefficient (Wildman–Crippen LogP) is -2.65. The molecule has 1 aliphatic heterocycles. The SMILES string of the molecule is CSC1N(C(C)C)C=C[NH+]1C.[I-]. The van der Waals surface area contributed by atoms with Gasteiger partial charge >= 0.3 is 0 Å². The number of hydrogen-bond donors (Lipinski definition) is 1. The molecule has 2 atom stereocenters. The Labute approximate surface area is 96.4 Å². The highest BCUT2D eigenvalue weighted by Gasteiger charge is 2.28. The summed E-state index contributed by atoms with van der Waals surface area (Å²) < 4.78 is 0. The summed E-state index contributed by atoms with van der Waals surface area (Å²) in [7, 11) is 2.19.